The predicted molar refractivity (Wildman–Crippen MR) is 66.8 cm³/mol. The lowest BCUT2D eigenvalue weighted by molar-refractivity contribution is 0.654. The van der Waals surface area contributed by atoms with Crippen LogP contribution in [0.3, 0.4) is 0 Å². The largest absolute Gasteiger partial charge is 0.318 e. The van der Waals surface area contributed by atoms with Crippen molar-refractivity contribution >= 4 is 43.2 Å². The van der Waals surface area contributed by atoms with Crippen molar-refractivity contribution in [2.75, 3.05) is 0 Å². The highest BCUT2D eigenvalue weighted by atomic mass is 79.9. The van der Waals surface area contributed by atoms with E-state index in [0.717, 1.165) is 14.4 Å². The van der Waals surface area contributed by atoms with Crippen molar-refractivity contribution in [3.8, 4) is 0 Å². The first-order valence-electron chi connectivity index (χ1n) is 4.15. The van der Waals surface area contributed by atoms with Gasteiger partial charge in [-0.25, -0.2) is 4.68 Å². The molecule has 0 radical (unpaired) electrons. The Balaban J connectivity index is 2.40. The number of hydrogen-bond acceptors (Lipinski definition) is 4. The number of nitrogens with zero attached hydrogens (tertiary/aromatic N) is 3. The summed E-state index contributed by atoms with van der Waals surface area (Å²) < 4.78 is 3.45. The SMILES string of the molecule is Cn1nnc(Br)c1C(N)c1ccc(Br)s1. The molecule has 0 fully saturated rings. The second-order valence-electron chi connectivity index (χ2n) is 3.01. The Bertz CT molecular complexity index is 459. The highest BCUT2D eigenvalue weighted by Crippen LogP contribution is 2.31. The van der Waals surface area contributed by atoms with Crippen molar-refractivity contribution in [2.24, 2.45) is 12.8 Å². The van der Waals surface area contributed by atoms with Gasteiger partial charge in [-0.3, -0.25) is 0 Å². The molecule has 0 saturated carbocycles. The Labute approximate surface area is 108 Å². The predicted octanol–water partition coefficient (Wildman–Crippen LogP) is 2.45. The molecule has 2 rings (SSSR count). The maximum Gasteiger partial charge on any atom is 0.153 e. The van der Waals surface area contributed by atoms with Gasteiger partial charge in [-0.1, -0.05) is 5.21 Å². The Morgan fingerprint density at radius 3 is 2.67 bits per heavy atom. The van der Waals surface area contributed by atoms with Crippen LogP contribution in [0.5, 0.6) is 0 Å². The van der Waals surface area contributed by atoms with Crippen LogP contribution in [0.25, 0.3) is 0 Å². The first kappa shape index (κ1) is 11.3. The number of halogens is 2. The number of aryl methyl sites for hydroxylation is 1. The molecule has 4 nitrogen and oxygen atoms in total. The molecule has 7 heteroatoms. The number of rotatable bonds is 2. The summed E-state index contributed by atoms with van der Waals surface area (Å²) in [5.41, 5.74) is 7.01. The third-order valence-corrected chi connectivity index (χ3v) is 4.29. The standard InChI is InChI=1S/C8H8Br2N4S/c1-14-7(8(10)12-13-14)6(11)4-2-3-5(9)15-4/h2-3,6H,11H2,1H3. The molecule has 0 aliphatic rings. The monoisotopic (exact) mass is 350 g/mol. The quantitative estimate of drug-likeness (QED) is 0.904. The lowest BCUT2D eigenvalue weighted by Crippen LogP contribution is -2.15. The van der Waals surface area contributed by atoms with Crippen LogP contribution < -0.4 is 5.73 Å². The van der Waals surface area contributed by atoms with Gasteiger partial charge in [0.2, 0.25) is 0 Å². The Morgan fingerprint density at radius 1 is 1.47 bits per heavy atom. The molecule has 0 aromatic carbocycles. The van der Waals surface area contributed by atoms with Crippen LogP contribution >= 0.6 is 43.2 Å². The van der Waals surface area contributed by atoms with Gasteiger partial charge in [0.15, 0.2) is 4.60 Å². The topological polar surface area (TPSA) is 56.7 Å². The van der Waals surface area contributed by atoms with E-state index in [2.05, 4.69) is 42.2 Å². The van der Waals surface area contributed by atoms with Gasteiger partial charge in [0, 0.05) is 11.9 Å². The van der Waals surface area contributed by atoms with Gasteiger partial charge in [-0.05, 0) is 44.0 Å². The molecule has 1 atom stereocenters. The van der Waals surface area contributed by atoms with Crippen LogP contribution in [0.15, 0.2) is 20.5 Å². The first-order chi connectivity index (χ1) is 7.09. The van der Waals surface area contributed by atoms with Gasteiger partial charge >= 0.3 is 0 Å². The zero-order chi connectivity index (χ0) is 11.0. The molecule has 0 saturated heterocycles. The molecule has 1 unspecified atom stereocenters. The molecule has 0 aliphatic carbocycles. The molecule has 80 valence electrons. The Kier molecular flexibility index (Phi) is 3.24. The van der Waals surface area contributed by atoms with Crippen LogP contribution in [0, 0.1) is 0 Å². The zero-order valence-electron chi connectivity index (χ0n) is 7.82. The zero-order valence-corrected chi connectivity index (χ0v) is 11.8. The molecule has 0 bridgehead atoms. The summed E-state index contributed by atoms with van der Waals surface area (Å²) >= 11 is 8.37. The number of nitrogens with two attached hydrogens (primary N) is 1. The van der Waals surface area contributed by atoms with E-state index in [1.165, 1.54) is 0 Å². The van der Waals surface area contributed by atoms with Crippen molar-refractivity contribution < 1.29 is 0 Å². The van der Waals surface area contributed by atoms with Crippen LogP contribution in [0.2, 0.25) is 0 Å². The fourth-order valence-corrected chi connectivity index (χ4v) is 3.30. The highest BCUT2D eigenvalue weighted by Gasteiger charge is 2.19. The lowest BCUT2D eigenvalue weighted by atomic mass is 10.2. The molecular formula is C8H8Br2N4S. The minimum absolute atomic E-state index is 0.198. The normalized spacial score (nSPS) is 13.1. The number of hydrogen-bond donors (Lipinski definition) is 1. The fraction of sp³-hybridized carbons (Fsp3) is 0.250. The summed E-state index contributed by atoms with van der Waals surface area (Å²) in [6, 6.07) is 3.78. The molecule has 0 aliphatic heterocycles. The molecule has 2 heterocycles. The van der Waals surface area contributed by atoms with Gasteiger partial charge in [0.1, 0.15) is 0 Å². The smallest absolute Gasteiger partial charge is 0.153 e. The van der Waals surface area contributed by atoms with Crippen LogP contribution in [0.4, 0.5) is 0 Å². The molecular weight excluding hydrogens is 344 g/mol. The number of aromatic nitrogens is 3. The van der Waals surface area contributed by atoms with Gasteiger partial charge in [-0.15, -0.1) is 16.4 Å². The van der Waals surface area contributed by atoms with E-state index < -0.39 is 0 Å². The van der Waals surface area contributed by atoms with Gasteiger partial charge < -0.3 is 5.73 Å². The fourth-order valence-electron chi connectivity index (χ4n) is 1.30. The van der Waals surface area contributed by atoms with Crippen LogP contribution in [-0.4, -0.2) is 15.0 Å². The minimum Gasteiger partial charge on any atom is -0.318 e. The highest BCUT2D eigenvalue weighted by molar-refractivity contribution is 9.11. The minimum atomic E-state index is -0.198. The summed E-state index contributed by atoms with van der Waals surface area (Å²) in [5.74, 6) is 0. The van der Waals surface area contributed by atoms with E-state index in [1.807, 2.05) is 19.2 Å². The molecule has 2 aromatic rings. The van der Waals surface area contributed by atoms with E-state index in [-0.39, 0.29) is 6.04 Å². The Hall–Kier alpha value is -0.240. The van der Waals surface area contributed by atoms with E-state index in [4.69, 9.17) is 5.73 Å². The third kappa shape index (κ3) is 2.15. The average molecular weight is 352 g/mol. The second kappa shape index (κ2) is 4.32. The second-order valence-corrected chi connectivity index (χ2v) is 6.25. The summed E-state index contributed by atoms with van der Waals surface area (Å²) in [6.07, 6.45) is 0. The molecule has 0 spiro atoms. The maximum atomic E-state index is 6.13. The van der Waals surface area contributed by atoms with Gasteiger partial charge in [-0.2, -0.15) is 0 Å². The van der Waals surface area contributed by atoms with E-state index in [1.54, 1.807) is 16.0 Å². The number of thiophene rings is 1. The summed E-state index contributed by atoms with van der Waals surface area (Å²) in [7, 11) is 1.83. The van der Waals surface area contributed by atoms with Gasteiger partial charge in [0.05, 0.1) is 15.5 Å². The molecule has 15 heavy (non-hydrogen) atoms. The molecule has 2 aromatic heterocycles. The Morgan fingerprint density at radius 2 is 2.20 bits per heavy atom. The summed E-state index contributed by atoms with van der Waals surface area (Å²) in [6.45, 7) is 0. The van der Waals surface area contributed by atoms with Crippen molar-refractivity contribution in [1.29, 1.82) is 0 Å². The van der Waals surface area contributed by atoms with Crippen LogP contribution in [0.1, 0.15) is 16.6 Å². The van der Waals surface area contributed by atoms with E-state index in [0.29, 0.717) is 4.60 Å². The van der Waals surface area contributed by atoms with Crippen molar-refractivity contribution in [2.45, 2.75) is 6.04 Å². The van der Waals surface area contributed by atoms with Crippen LogP contribution in [-0.2, 0) is 7.05 Å². The van der Waals surface area contributed by atoms with E-state index in [9.17, 15) is 0 Å². The van der Waals surface area contributed by atoms with Gasteiger partial charge in [0.25, 0.3) is 0 Å². The molecule has 2 N–H and O–H groups in total. The van der Waals surface area contributed by atoms with E-state index >= 15 is 0 Å². The third-order valence-electron chi connectivity index (χ3n) is 2.02. The van der Waals surface area contributed by atoms with Crippen molar-refractivity contribution in [1.82, 2.24) is 15.0 Å². The molecule has 0 amide bonds. The average Bonchev–Trinajstić information content (AvgIpc) is 2.73. The summed E-state index contributed by atoms with van der Waals surface area (Å²) in [5, 5.41) is 7.81. The van der Waals surface area contributed by atoms with Crippen molar-refractivity contribution in [3.05, 3.63) is 31.1 Å². The first-order valence-corrected chi connectivity index (χ1v) is 6.55. The summed E-state index contributed by atoms with van der Waals surface area (Å²) in [4.78, 5) is 1.08. The van der Waals surface area contributed by atoms with Crippen molar-refractivity contribution in [3.63, 3.8) is 0 Å². The maximum absolute atomic E-state index is 6.13. The lowest BCUT2D eigenvalue weighted by Gasteiger charge is -2.09.